The van der Waals surface area contributed by atoms with Crippen molar-refractivity contribution in [3.8, 4) is 0 Å². The third kappa shape index (κ3) is 5.81. The molecule has 0 unspecified atom stereocenters. The van der Waals surface area contributed by atoms with Crippen LogP contribution in [0.15, 0.2) is 42.5 Å². The highest BCUT2D eigenvalue weighted by Gasteiger charge is 2.29. The van der Waals surface area contributed by atoms with E-state index < -0.39 is 0 Å². The monoisotopic (exact) mass is 394 g/mol. The lowest BCUT2D eigenvalue weighted by Crippen LogP contribution is -2.36. The van der Waals surface area contributed by atoms with Crippen molar-refractivity contribution in [2.45, 2.75) is 26.7 Å². The molecule has 1 fully saturated rings. The van der Waals surface area contributed by atoms with Gasteiger partial charge in [-0.15, -0.1) is 0 Å². The average Bonchev–Trinajstić information content (AvgIpc) is 3.55. The van der Waals surface area contributed by atoms with Crippen molar-refractivity contribution in [2.75, 3.05) is 23.7 Å². The highest BCUT2D eigenvalue weighted by molar-refractivity contribution is 5.97. The normalized spacial score (nSPS) is 12.8. The fourth-order valence-corrected chi connectivity index (χ4v) is 2.80. The number of carbonyl (C=O) groups excluding carboxylic acids is 3. The number of rotatable bonds is 7. The molecular formula is C22H26N4O3. The van der Waals surface area contributed by atoms with Crippen molar-refractivity contribution in [1.29, 1.82) is 0 Å². The van der Waals surface area contributed by atoms with E-state index in [-0.39, 0.29) is 23.8 Å². The fourth-order valence-electron chi connectivity index (χ4n) is 2.80. The lowest BCUT2D eigenvalue weighted by molar-refractivity contribution is -0.117. The number of benzene rings is 2. The lowest BCUT2D eigenvalue weighted by atomic mass is 10.1. The number of urea groups is 1. The van der Waals surface area contributed by atoms with E-state index in [2.05, 4.69) is 21.3 Å². The number of nitrogens with one attached hydrogen (secondary N) is 4. The van der Waals surface area contributed by atoms with E-state index in [0.717, 1.165) is 29.7 Å². The Morgan fingerprint density at radius 2 is 1.59 bits per heavy atom. The number of hydrogen-bond acceptors (Lipinski definition) is 3. The standard InChI is InChI=1S/C22H26N4O3/c1-14-4-3-5-19(15(14)2)26-22(29)24-13-12-23-20(27)16-8-10-18(11-9-16)25-21(28)17-6-7-17/h3-5,8-11,17H,6-7,12-13H2,1-2H3,(H,23,27)(H,25,28)(H2,24,26,29). The second-order valence-electron chi connectivity index (χ2n) is 7.23. The minimum atomic E-state index is -0.316. The van der Waals surface area contributed by atoms with Gasteiger partial charge < -0.3 is 21.3 Å². The van der Waals surface area contributed by atoms with Gasteiger partial charge in [0.25, 0.3) is 5.91 Å². The van der Waals surface area contributed by atoms with Crippen LogP contribution >= 0.6 is 0 Å². The molecule has 0 bridgehead atoms. The highest BCUT2D eigenvalue weighted by Crippen LogP contribution is 2.30. The molecule has 0 spiro atoms. The van der Waals surface area contributed by atoms with Gasteiger partial charge in [0.05, 0.1) is 0 Å². The first-order valence-corrected chi connectivity index (χ1v) is 9.74. The quantitative estimate of drug-likeness (QED) is 0.543. The molecule has 1 aliphatic rings. The molecule has 3 rings (SSSR count). The molecule has 0 heterocycles. The second kappa shape index (κ2) is 9.23. The lowest BCUT2D eigenvalue weighted by Gasteiger charge is -2.12. The van der Waals surface area contributed by atoms with Crippen LogP contribution in [-0.4, -0.2) is 30.9 Å². The summed E-state index contributed by atoms with van der Waals surface area (Å²) >= 11 is 0. The molecule has 0 aliphatic heterocycles. The molecule has 2 aromatic rings. The van der Waals surface area contributed by atoms with Gasteiger partial charge in [0.2, 0.25) is 5.91 Å². The first kappa shape index (κ1) is 20.4. The van der Waals surface area contributed by atoms with Crippen LogP contribution in [0.5, 0.6) is 0 Å². The maximum Gasteiger partial charge on any atom is 0.319 e. The van der Waals surface area contributed by atoms with Crippen LogP contribution < -0.4 is 21.3 Å². The largest absolute Gasteiger partial charge is 0.350 e. The van der Waals surface area contributed by atoms with Crippen LogP contribution in [0.3, 0.4) is 0 Å². The van der Waals surface area contributed by atoms with Gasteiger partial charge in [0, 0.05) is 35.9 Å². The molecule has 1 saturated carbocycles. The van der Waals surface area contributed by atoms with Crippen LogP contribution in [0.1, 0.15) is 34.3 Å². The zero-order valence-electron chi connectivity index (χ0n) is 16.7. The number of carbonyl (C=O) groups is 3. The predicted molar refractivity (Wildman–Crippen MR) is 113 cm³/mol. The Morgan fingerprint density at radius 3 is 2.28 bits per heavy atom. The van der Waals surface area contributed by atoms with Crippen LogP contribution in [0.2, 0.25) is 0 Å². The topological polar surface area (TPSA) is 99.3 Å². The van der Waals surface area contributed by atoms with Gasteiger partial charge in [-0.05, 0) is 68.1 Å². The van der Waals surface area contributed by atoms with E-state index in [1.807, 2.05) is 32.0 Å². The minimum Gasteiger partial charge on any atom is -0.350 e. The minimum absolute atomic E-state index is 0.0346. The van der Waals surface area contributed by atoms with E-state index in [0.29, 0.717) is 24.3 Å². The average molecular weight is 394 g/mol. The molecule has 0 atom stereocenters. The second-order valence-corrected chi connectivity index (χ2v) is 7.23. The third-order valence-corrected chi connectivity index (χ3v) is 4.91. The predicted octanol–water partition coefficient (Wildman–Crippen LogP) is 3.20. The molecule has 2 aromatic carbocycles. The van der Waals surface area contributed by atoms with Crippen molar-refractivity contribution in [3.63, 3.8) is 0 Å². The first-order valence-electron chi connectivity index (χ1n) is 9.74. The molecule has 1 aliphatic carbocycles. The Kier molecular flexibility index (Phi) is 6.49. The van der Waals surface area contributed by atoms with Crippen LogP contribution in [-0.2, 0) is 4.79 Å². The summed E-state index contributed by atoms with van der Waals surface area (Å²) in [5, 5.41) is 11.1. The van der Waals surface area contributed by atoms with E-state index >= 15 is 0 Å². The van der Waals surface area contributed by atoms with Crippen molar-refractivity contribution in [3.05, 3.63) is 59.2 Å². The zero-order valence-corrected chi connectivity index (χ0v) is 16.7. The van der Waals surface area contributed by atoms with Gasteiger partial charge in [-0.25, -0.2) is 4.79 Å². The van der Waals surface area contributed by atoms with Crippen molar-refractivity contribution >= 4 is 29.2 Å². The molecule has 29 heavy (non-hydrogen) atoms. The van der Waals surface area contributed by atoms with Gasteiger partial charge in [0.1, 0.15) is 0 Å². The molecule has 0 aromatic heterocycles. The number of anilines is 2. The Labute approximate surface area is 170 Å². The molecule has 4 N–H and O–H groups in total. The summed E-state index contributed by atoms with van der Waals surface area (Å²) in [6.45, 7) is 4.55. The molecular weight excluding hydrogens is 368 g/mol. The summed E-state index contributed by atoms with van der Waals surface area (Å²) in [7, 11) is 0. The highest BCUT2D eigenvalue weighted by atomic mass is 16.2. The number of aryl methyl sites for hydroxylation is 1. The summed E-state index contributed by atoms with van der Waals surface area (Å²) < 4.78 is 0. The van der Waals surface area contributed by atoms with E-state index in [9.17, 15) is 14.4 Å². The molecule has 7 nitrogen and oxygen atoms in total. The maximum atomic E-state index is 12.2. The Morgan fingerprint density at radius 1 is 0.897 bits per heavy atom. The summed E-state index contributed by atoms with van der Waals surface area (Å²) in [4.78, 5) is 35.9. The Bertz CT molecular complexity index is 905. The van der Waals surface area contributed by atoms with Crippen molar-refractivity contribution < 1.29 is 14.4 Å². The van der Waals surface area contributed by atoms with Gasteiger partial charge >= 0.3 is 6.03 Å². The summed E-state index contributed by atoms with van der Waals surface area (Å²) in [6, 6.07) is 12.2. The van der Waals surface area contributed by atoms with Crippen molar-refractivity contribution in [2.24, 2.45) is 5.92 Å². The number of hydrogen-bond donors (Lipinski definition) is 4. The van der Waals surface area contributed by atoms with E-state index in [4.69, 9.17) is 0 Å². The fraction of sp³-hybridized carbons (Fsp3) is 0.318. The zero-order chi connectivity index (χ0) is 20.8. The molecule has 4 amide bonds. The maximum absolute atomic E-state index is 12.2. The van der Waals surface area contributed by atoms with Crippen molar-refractivity contribution in [1.82, 2.24) is 10.6 Å². The summed E-state index contributed by atoms with van der Waals surface area (Å²) in [6.07, 6.45) is 1.89. The van der Waals surface area contributed by atoms with Gasteiger partial charge in [-0.2, -0.15) is 0 Å². The van der Waals surface area contributed by atoms with Gasteiger partial charge in [0.15, 0.2) is 0 Å². The van der Waals surface area contributed by atoms with Crippen LogP contribution in [0, 0.1) is 19.8 Å². The van der Waals surface area contributed by atoms with Gasteiger partial charge in [-0.1, -0.05) is 12.1 Å². The Hall–Kier alpha value is -3.35. The Balaban J connectivity index is 1.38. The van der Waals surface area contributed by atoms with Gasteiger partial charge in [-0.3, -0.25) is 9.59 Å². The molecule has 152 valence electrons. The van der Waals surface area contributed by atoms with Crippen LogP contribution in [0.25, 0.3) is 0 Å². The van der Waals surface area contributed by atoms with E-state index in [1.165, 1.54) is 0 Å². The smallest absolute Gasteiger partial charge is 0.319 e. The third-order valence-electron chi connectivity index (χ3n) is 4.91. The number of amides is 4. The van der Waals surface area contributed by atoms with E-state index in [1.54, 1.807) is 24.3 Å². The summed E-state index contributed by atoms with van der Waals surface area (Å²) in [5.74, 6) is -0.0632. The first-order chi connectivity index (χ1) is 13.9. The van der Waals surface area contributed by atoms with Crippen LogP contribution in [0.4, 0.5) is 16.2 Å². The SMILES string of the molecule is Cc1cccc(NC(=O)NCCNC(=O)c2ccc(NC(=O)C3CC3)cc2)c1C. The molecule has 0 radical (unpaired) electrons. The summed E-state index contributed by atoms with van der Waals surface area (Å²) in [5.41, 5.74) is 4.07. The molecule has 0 saturated heterocycles. The molecule has 7 heteroatoms.